The summed E-state index contributed by atoms with van der Waals surface area (Å²) in [5.74, 6) is 0.103. The Hall–Kier alpha value is -3.38. The van der Waals surface area contributed by atoms with Crippen LogP contribution in [0.2, 0.25) is 0 Å². The first-order valence-electron chi connectivity index (χ1n) is 10.8. The third-order valence-electron chi connectivity index (χ3n) is 5.72. The summed E-state index contributed by atoms with van der Waals surface area (Å²) < 4.78 is 46.2. The molecular weight excluding hydrogens is 453 g/mol. The second-order valence-corrected chi connectivity index (χ2v) is 8.09. The number of fused-ring (bicyclic) bond motifs is 1. The van der Waals surface area contributed by atoms with Gasteiger partial charge < -0.3 is 25.5 Å². The molecule has 2 aromatic heterocycles. The van der Waals surface area contributed by atoms with Gasteiger partial charge in [0, 0.05) is 41.5 Å². The molecule has 0 radical (unpaired) electrons. The van der Waals surface area contributed by atoms with E-state index < -0.39 is 23.9 Å². The van der Waals surface area contributed by atoms with Gasteiger partial charge in [-0.25, -0.2) is 14.8 Å². The molecule has 0 saturated carbocycles. The fraction of sp³-hybridized carbons (Fsp3) is 0.409. The number of aromatic amines is 1. The number of carbonyl (C=O) groups is 1. The van der Waals surface area contributed by atoms with Crippen molar-refractivity contribution >= 4 is 28.6 Å². The first kappa shape index (κ1) is 23.8. The SMILES string of the molecule is COC(=O)Nc1ccc2c(-c3nc(N[C@H]4CCCNC4)ncc3C(F)(F)F)c[nH]c2c1C(C)O. The van der Waals surface area contributed by atoms with Crippen molar-refractivity contribution in [3.05, 3.63) is 35.7 Å². The zero-order valence-electron chi connectivity index (χ0n) is 18.6. The van der Waals surface area contributed by atoms with Crippen molar-refractivity contribution in [1.29, 1.82) is 0 Å². The predicted molar refractivity (Wildman–Crippen MR) is 121 cm³/mol. The number of amides is 1. The number of aliphatic hydroxyl groups is 1. The molecule has 182 valence electrons. The van der Waals surface area contributed by atoms with Gasteiger partial charge in [0.25, 0.3) is 0 Å². The van der Waals surface area contributed by atoms with E-state index in [4.69, 9.17) is 0 Å². The number of piperidine rings is 1. The molecule has 1 fully saturated rings. The van der Waals surface area contributed by atoms with E-state index in [1.165, 1.54) is 26.3 Å². The maximum absolute atomic E-state index is 13.9. The van der Waals surface area contributed by atoms with Crippen LogP contribution in [0.5, 0.6) is 0 Å². The number of ether oxygens (including phenoxy) is 1. The third kappa shape index (κ3) is 4.77. The summed E-state index contributed by atoms with van der Waals surface area (Å²) in [5.41, 5.74) is -0.115. The predicted octanol–water partition coefficient (Wildman–Crippen LogP) is 4.04. The number of nitrogens with one attached hydrogen (secondary N) is 4. The van der Waals surface area contributed by atoms with Gasteiger partial charge in [0.1, 0.15) is 5.56 Å². The topological polar surface area (TPSA) is 124 Å². The molecule has 3 heterocycles. The fourth-order valence-electron chi connectivity index (χ4n) is 4.14. The number of aliphatic hydroxyl groups excluding tert-OH is 1. The normalized spacial score (nSPS) is 17.4. The molecule has 0 spiro atoms. The van der Waals surface area contributed by atoms with E-state index in [1.807, 2.05) is 0 Å². The van der Waals surface area contributed by atoms with E-state index in [0.29, 0.717) is 23.0 Å². The van der Waals surface area contributed by atoms with Crippen molar-refractivity contribution in [3.8, 4) is 11.3 Å². The number of rotatable bonds is 5. The number of methoxy groups -OCH3 is 1. The summed E-state index contributed by atoms with van der Waals surface area (Å²) in [6.07, 6.45) is -2.47. The van der Waals surface area contributed by atoms with Crippen molar-refractivity contribution < 1.29 is 27.8 Å². The highest BCUT2D eigenvalue weighted by atomic mass is 19.4. The van der Waals surface area contributed by atoms with Crippen LogP contribution in [0, 0.1) is 0 Å². The minimum absolute atomic E-state index is 0.00935. The quantitative estimate of drug-likeness (QED) is 0.375. The number of nitrogens with zero attached hydrogens (tertiary/aromatic N) is 2. The molecule has 5 N–H and O–H groups in total. The minimum Gasteiger partial charge on any atom is -0.453 e. The highest BCUT2D eigenvalue weighted by Gasteiger charge is 2.36. The zero-order valence-corrected chi connectivity index (χ0v) is 18.6. The average molecular weight is 478 g/mol. The maximum Gasteiger partial charge on any atom is 0.419 e. The third-order valence-corrected chi connectivity index (χ3v) is 5.72. The number of aromatic nitrogens is 3. The number of halogens is 3. The van der Waals surface area contributed by atoms with E-state index >= 15 is 0 Å². The lowest BCUT2D eigenvalue weighted by Gasteiger charge is -2.24. The van der Waals surface area contributed by atoms with Crippen LogP contribution in [-0.4, -0.2) is 52.4 Å². The summed E-state index contributed by atoms with van der Waals surface area (Å²) >= 11 is 0. The van der Waals surface area contributed by atoms with Gasteiger partial charge in [-0.05, 0) is 32.4 Å². The highest BCUT2D eigenvalue weighted by molar-refractivity contribution is 6.01. The maximum atomic E-state index is 13.9. The molecule has 34 heavy (non-hydrogen) atoms. The largest absolute Gasteiger partial charge is 0.453 e. The number of hydrogen-bond acceptors (Lipinski definition) is 7. The number of alkyl halides is 3. The zero-order chi connectivity index (χ0) is 24.5. The van der Waals surface area contributed by atoms with Crippen molar-refractivity contribution in [2.75, 3.05) is 30.8 Å². The molecule has 1 aliphatic heterocycles. The van der Waals surface area contributed by atoms with Gasteiger partial charge in [-0.15, -0.1) is 0 Å². The second kappa shape index (κ2) is 9.47. The van der Waals surface area contributed by atoms with Crippen molar-refractivity contribution in [1.82, 2.24) is 20.3 Å². The summed E-state index contributed by atoms with van der Waals surface area (Å²) in [5, 5.41) is 19.6. The molecule has 4 rings (SSSR count). The molecule has 2 atom stereocenters. The second-order valence-electron chi connectivity index (χ2n) is 8.09. The minimum atomic E-state index is -4.68. The molecule has 12 heteroatoms. The monoisotopic (exact) mass is 478 g/mol. The van der Waals surface area contributed by atoms with E-state index in [0.717, 1.165) is 25.6 Å². The van der Waals surface area contributed by atoms with Gasteiger partial charge in [-0.1, -0.05) is 6.07 Å². The van der Waals surface area contributed by atoms with Crippen LogP contribution in [-0.2, 0) is 10.9 Å². The molecular formula is C22H25F3N6O3. The van der Waals surface area contributed by atoms with E-state index in [1.54, 1.807) is 6.07 Å². The van der Waals surface area contributed by atoms with Crippen LogP contribution < -0.4 is 16.0 Å². The Balaban J connectivity index is 1.82. The molecule has 9 nitrogen and oxygen atoms in total. The number of hydrogen-bond donors (Lipinski definition) is 5. The highest BCUT2D eigenvalue weighted by Crippen LogP contribution is 2.41. The lowest BCUT2D eigenvalue weighted by molar-refractivity contribution is -0.137. The molecule has 0 aliphatic carbocycles. The van der Waals surface area contributed by atoms with E-state index in [2.05, 4.69) is 35.6 Å². The number of carbonyl (C=O) groups excluding carboxylic acids is 1. The van der Waals surface area contributed by atoms with Gasteiger partial charge >= 0.3 is 12.3 Å². The van der Waals surface area contributed by atoms with Gasteiger partial charge in [-0.3, -0.25) is 5.32 Å². The molecule has 1 amide bonds. The van der Waals surface area contributed by atoms with Crippen molar-refractivity contribution in [2.24, 2.45) is 0 Å². The lowest BCUT2D eigenvalue weighted by Crippen LogP contribution is -2.38. The Morgan fingerprint density at radius 3 is 2.79 bits per heavy atom. The van der Waals surface area contributed by atoms with Gasteiger partial charge in [-0.2, -0.15) is 13.2 Å². The molecule has 1 unspecified atom stereocenters. The number of benzene rings is 1. The summed E-state index contributed by atoms with van der Waals surface area (Å²) in [7, 11) is 1.20. The molecule has 3 aromatic rings. The Labute approximate surface area is 193 Å². The number of H-pyrrole nitrogens is 1. The molecule has 1 saturated heterocycles. The lowest BCUT2D eigenvalue weighted by atomic mass is 10.00. The first-order valence-corrected chi connectivity index (χ1v) is 10.8. The summed E-state index contributed by atoms with van der Waals surface area (Å²) in [6, 6.07) is 3.06. The van der Waals surface area contributed by atoms with Gasteiger partial charge in [0.2, 0.25) is 5.95 Å². The van der Waals surface area contributed by atoms with E-state index in [9.17, 15) is 23.1 Å². The fourth-order valence-corrected chi connectivity index (χ4v) is 4.14. The average Bonchev–Trinajstić information content (AvgIpc) is 3.22. The molecule has 0 bridgehead atoms. The Morgan fingerprint density at radius 1 is 1.35 bits per heavy atom. The van der Waals surface area contributed by atoms with Crippen LogP contribution in [0.15, 0.2) is 24.5 Å². The standard InChI is InChI=1S/C22H25F3N6O3/c1-11(32)17-16(30-21(33)34-2)6-5-13-14(9-27-19(13)17)18-15(22(23,24)25)10-28-20(31-18)29-12-4-3-7-26-8-12/h5-6,9-12,26-27,32H,3-4,7-8H2,1-2H3,(H,30,33)(H,28,29,31)/t11?,12-/m0/s1. The van der Waals surface area contributed by atoms with Crippen molar-refractivity contribution in [2.45, 2.75) is 38.1 Å². The molecule has 1 aromatic carbocycles. The Kier molecular flexibility index (Phi) is 6.62. The van der Waals surface area contributed by atoms with Crippen LogP contribution >= 0.6 is 0 Å². The van der Waals surface area contributed by atoms with Gasteiger partial charge in [0.15, 0.2) is 0 Å². The summed E-state index contributed by atoms with van der Waals surface area (Å²) in [6.45, 7) is 3.05. The number of anilines is 2. The first-order chi connectivity index (χ1) is 16.2. The molecule has 1 aliphatic rings. The van der Waals surface area contributed by atoms with Gasteiger partial charge in [0.05, 0.1) is 30.1 Å². The van der Waals surface area contributed by atoms with Crippen LogP contribution in [0.4, 0.5) is 29.6 Å². The van der Waals surface area contributed by atoms with Crippen molar-refractivity contribution in [3.63, 3.8) is 0 Å². The van der Waals surface area contributed by atoms with Crippen LogP contribution in [0.25, 0.3) is 22.2 Å². The van der Waals surface area contributed by atoms with E-state index in [-0.39, 0.29) is 28.9 Å². The Morgan fingerprint density at radius 2 is 2.15 bits per heavy atom. The van der Waals surface area contributed by atoms with Crippen LogP contribution in [0.1, 0.15) is 37.0 Å². The summed E-state index contributed by atoms with van der Waals surface area (Å²) in [4.78, 5) is 22.8. The Bertz CT molecular complexity index is 1190. The van der Waals surface area contributed by atoms with Crippen LogP contribution in [0.3, 0.4) is 0 Å². The smallest absolute Gasteiger partial charge is 0.419 e.